The molecule has 0 aromatic heterocycles. The summed E-state index contributed by atoms with van der Waals surface area (Å²) in [5.74, 6) is 0.0482. The molecule has 1 fully saturated rings. The SMILES string of the molecule is Cc1ccc(C(=O)N2CCCC[C@H]2CN)cc1Cl. The number of benzene rings is 1. The lowest BCUT2D eigenvalue weighted by molar-refractivity contribution is 0.0623. The van der Waals surface area contributed by atoms with Crippen LogP contribution in [-0.2, 0) is 0 Å². The van der Waals surface area contributed by atoms with E-state index in [0.29, 0.717) is 17.1 Å². The van der Waals surface area contributed by atoms with Crippen molar-refractivity contribution in [3.05, 3.63) is 34.3 Å². The normalized spacial score (nSPS) is 19.9. The van der Waals surface area contributed by atoms with Crippen LogP contribution >= 0.6 is 11.6 Å². The Bertz CT molecular complexity index is 447. The lowest BCUT2D eigenvalue weighted by atomic mass is 10.0. The number of halogens is 1. The van der Waals surface area contributed by atoms with E-state index in [0.717, 1.165) is 31.4 Å². The van der Waals surface area contributed by atoms with Gasteiger partial charge in [0.1, 0.15) is 0 Å². The van der Waals surface area contributed by atoms with E-state index >= 15 is 0 Å². The van der Waals surface area contributed by atoms with Crippen molar-refractivity contribution in [3.63, 3.8) is 0 Å². The molecule has 1 amide bonds. The molecule has 18 heavy (non-hydrogen) atoms. The van der Waals surface area contributed by atoms with Crippen LogP contribution in [0.1, 0.15) is 35.2 Å². The Hall–Kier alpha value is -1.06. The Kier molecular flexibility index (Phi) is 4.25. The van der Waals surface area contributed by atoms with Gasteiger partial charge in [-0.2, -0.15) is 0 Å². The third-order valence-corrected chi connectivity index (χ3v) is 3.99. The highest BCUT2D eigenvalue weighted by atomic mass is 35.5. The zero-order valence-corrected chi connectivity index (χ0v) is 11.4. The fraction of sp³-hybridized carbons (Fsp3) is 0.500. The first-order chi connectivity index (χ1) is 8.63. The number of hydrogen-bond acceptors (Lipinski definition) is 2. The summed E-state index contributed by atoms with van der Waals surface area (Å²) in [5.41, 5.74) is 7.39. The zero-order chi connectivity index (χ0) is 13.1. The molecule has 4 heteroatoms. The number of nitrogens with zero attached hydrogens (tertiary/aromatic N) is 1. The third kappa shape index (κ3) is 2.68. The highest BCUT2D eigenvalue weighted by Crippen LogP contribution is 2.22. The molecule has 2 rings (SSSR count). The maximum absolute atomic E-state index is 12.4. The molecule has 0 spiro atoms. The van der Waals surface area contributed by atoms with Gasteiger partial charge in [-0.25, -0.2) is 0 Å². The molecule has 0 bridgehead atoms. The number of rotatable bonds is 2. The van der Waals surface area contributed by atoms with Crippen molar-refractivity contribution in [2.45, 2.75) is 32.2 Å². The smallest absolute Gasteiger partial charge is 0.254 e. The minimum Gasteiger partial charge on any atom is -0.334 e. The van der Waals surface area contributed by atoms with E-state index in [1.54, 1.807) is 6.07 Å². The quantitative estimate of drug-likeness (QED) is 0.894. The predicted molar refractivity (Wildman–Crippen MR) is 73.9 cm³/mol. The molecule has 1 saturated heterocycles. The maximum atomic E-state index is 12.4. The summed E-state index contributed by atoms with van der Waals surface area (Å²) >= 11 is 6.07. The van der Waals surface area contributed by atoms with Crippen LogP contribution in [0.5, 0.6) is 0 Å². The fourth-order valence-corrected chi connectivity index (χ4v) is 2.59. The summed E-state index contributed by atoms with van der Waals surface area (Å²) in [4.78, 5) is 14.3. The minimum atomic E-state index is 0.0482. The van der Waals surface area contributed by atoms with Crippen molar-refractivity contribution < 1.29 is 4.79 Å². The predicted octanol–water partition coefficient (Wildman–Crippen LogP) is 2.60. The second-order valence-electron chi connectivity index (χ2n) is 4.85. The van der Waals surface area contributed by atoms with Gasteiger partial charge in [0.15, 0.2) is 0 Å². The van der Waals surface area contributed by atoms with Crippen LogP contribution in [0.25, 0.3) is 0 Å². The van der Waals surface area contributed by atoms with Crippen molar-refractivity contribution in [2.75, 3.05) is 13.1 Å². The topological polar surface area (TPSA) is 46.3 Å². The Labute approximate surface area is 113 Å². The second kappa shape index (κ2) is 5.72. The molecular weight excluding hydrogens is 248 g/mol. The molecule has 1 aromatic rings. The maximum Gasteiger partial charge on any atom is 0.254 e. The van der Waals surface area contributed by atoms with Crippen LogP contribution in [0.4, 0.5) is 0 Å². The van der Waals surface area contributed by atoms with E-state index in [4.69, 9.17) is 17.3 Å². The number of piperidine rings is 1. The first-order valence-corrected chi connectivity index (χ1v) is 6.78. The van der Waals surface area contributed by atoms with Gasteiger partial charge < -0.3 is 10.6 Å². The molecule has 0 radical (unpaired) electrons. The van der Waals surface area contributed by atoms with Gasteiger partial charge in [0.25, 0.3) is 5.91 Å². The van der Waals surface area contributed by atoms with Gasteiger partial charge in [-0.05, 0) is 43.9 Å². The molecule has 1 heterocycles. The monoisotopic (exact) mass is 266 g/mol. The largest absolute Gasteiger partial charge is 0.334 e. The summed E-state index contributed by atoms with van der Waals surface area (Å²) in [6.07, 6.45) is 3.21. The lowest BCUT2D eigenvalue weighted by Crippen LogP contribution is -2.47. The standard InChI is InChI=1S/C14H19ClN2O/c1-10-5-6-11(8-13(10)15)14(18)17-7-3-2-4-12(17)9-16/h5-6,8,12H,2-4,7,9,16H2,1H3/t12-/m0/s1. The Morgan fingerprint density at radius 1 is 1.50 bits per heavy atom. The summed E-state index contributed by atoms with van der Waals surface area (Å²) in [7, 11) is 0. The molecule has 1 aliphatic heterocycles. The van der Waals surface area contributed by atoms with Crippen molar-refractivity contribution in [3.8, 4) is 0 Å². The van der Waals surface area contributed by atoms with E-state index in [2.05, 4.69) is 0 Å². The van der Waals surface area contributed by atoms with Crippen LogP contribution in [0.3, 0.4) is 0 Å². The molecule has 1 aromatic carbocycles. The number of carbonyl (C=O) groups is 1. The number of amides is 1. The van der Waals surface area contributed by atoms with Crippen molar-refractivity contribution in [1.82, 2.24) is 4.90 Å². The van der Waals surface area contributed by atoms with Crippen LogP contribution in [0, 0.1) is 6.92 Å². The van der Waals surface area contributed by atoms with Crippen molar-refractivity contribution >= 4 is 17.5 Å². The average molecular weight is 267 g/mol. The van der Waals surface area contributed by atoms with Crippen LogP contribution in [0.2, 0.25) is 5.02 Å². The summed E-state index contributed by atoms with van der Waals surface area (Å²) in [6.45, 7) is 3.26. The lowest BCUT2D eigenvalue weighted by Gasteiger charge is -2.35. The molecular formula is C14H19ClN2O. The van der Waals surface area contributed by atoms with Gasteiger partial charge in [-0.1, -0.05) is 17.7 Å². The third-order valence-electron chi connectivity index (χ3n) is 3.58. The minimum absolute atomic E-state index is 0.0482. The Morgan fingerprint density at radius 2 is 2.28 bits per heavy atom. The summed E-state index contributed by atoms with van der Waals surface area (Å²) in [5, 5.41) is 0.641. The van der Waals surface area contributed by atoms with Crippen LogP contribution in [0.15, 0.2) is 18.2 Å². The van der Waals surface area contributed by atoms with Crippen molar-refractivity contribution in [1.29, 1.82) is 0 Å². The highest BCUT2D eigenvalue weighted by molar-refractivity contribution is 6.31. The van der Waals surface area contributed by atoms with E-state index in [1.165, 1.54) is 0 Å². The first-order valence-electron chi connectivity index (χ1n) is 6.40. The van der Waals surface area contributed by atoms with Crippen molar-refractivity contribution in [2.24, 2.45) is 5.73 Å². The van der Waals surface area contributed by atoms with E-state index < -0.39 is 0 Å². The first kappa shape index (κ1) is 13.4. The Balaban J connectivity index is 2.21. The van der Waals surface area contributed by atoms with Gasteiger partial charge in [0, 0.05) is 29.7 Å². The molecule has 0 aliphatic carbocycles. The van der Waals surface area contributed by atoms with Gasteiger partial charge in [-0.15, -0.1) is 0 Å². The molecule has 3 nitrogen and oxygen atoms in total. The van der Waals surface area contributed by atoms with Gasteiger partial charge in [-0.3, -0.25) is 4.79 Å². The average Bonchev–Trinajstić information content (AvgIpc) is 2.41. The number of nitrogens with two attached hydrogens (primary N) is 1. The highest BCUT2D eigenvalue weighted by Gasteiger charge is 2.26. The number of aryl methyl sites for hydroxylation is 1. The fourth-order valence-electron chi connectivity index (χ4n) is 2.40. The van der Waals surface area contributed by atoms with Gasteiger partial charge in [0.2, 0.25) is 0 Å². The summed E-state index contributed by atoms with van der Waals surface area (Å²) < 4.78 is 0. The van der Waals surface area contributed by atoms with E-state index in [9.17, 15) is 4.79 Å². The van der Waals surface area contributed by atoms with Crippen LogP contribution < -0.4 is 5.73 Å². The Morgan fingerprint density at radius 3 is 2.94 bits per heavy atom. The number of hydrogen-bond donors (Lipinski definition) is 1. The number of likely N-dealkylation sites (tertiary alicyclic amines) is 1. The second-order valence-corrected chi connectivity index (χ2v) is 5.26. The van der Waals surface area contributed by atoms with Gasteiger partial charge in [0.05, 0.1) is 0 Å². The molecule has 0 saturated carbocycles. The van der Waals surface area contributed by atoms with Crippen LogP contribution in [-0.4, -0.2) is 29.9 Å². The zero-order valence-electron chi connectivity index (χ0n) is 10.7. The van der Waals surface area contributed by atoms with Gasteiger partial charge >= 0.3 is 0 Å². The molecule has 2 N–H and O–H groups in total. The van der Waals surface area contributed by atoms with E-state index in [-0.39, 0.29) is 11.9 Å². The summed E-state index contributed by atoms with van der Waals surface area (Å²) in [6, 6.07) is 5.65. The van der Waals surface area contributed by atoms with E-state index in [1.807, 2.05) is 24.0 Å². The molecule has 98 valence electrons. The molecule has 1 aliphatic rings. The molecule has 0 unspecified atom stereocenters. The number of carbonyl (C=O) groups excluding carboxylic acids is 1. The molecule has 1 atom stereocenters.